The Labute approximate surface area is 188 Å². The molecule has 4 rings (SSSR count). The molecule has 3 heterocycles. The smallest absolute Gasteiger partial charge is 0.269 e. The maximum Gasteiger partial charge on any atom is 0.269 e. The minimum atomic E-state index is -0.763. The van der Waals surface area contributed by atoms with Crippen molar-refractivity contribution in [1.29, 1.82) is 0 Å². The number of hydrazine groups is 1. The van der Waals surface area contributed by atoms with Crippen LogP contribution in [-0.2, 0) is 0 Å². The van der Waals surface area contributed by atoms with Crippen molar-refractivity contribution in [3.8, 4) is 5.75 Å². The second-order valence-electron chi connectivity index (χ2n) is 7.37. The molecule has 1 unspecified atom stereocenters. The van der Waals surface area contributed by atoms with Gasteiger partial charge in [-0.15, -0.1) is 0 Å². The molecule has 3 aromatic rings. The topological polar surface area (TPSA) is 93.6 Å². The Bertz CT molecular complexity index is 1130. The molecule has 1 amide bonds. The predicted octanol–water partition coefficient (Wildman–Crippen LogP) is 5.13. The van der Waals surface area contributed by atoms with E-state index in [0.717, 1.165) is 32.4 Å². The number of amides is 1. The van der Waals surface area contributed by atoms with Gasteiger partial charge in [-0.05, 0) is 31.9 Å². The molecule has 10 heteroatoms. The molecule has 1 aromatic carbocycles. The standard InChI is InChI=1S/C21H21Cl2FN4O3/c1-11(16-14(22)5-6-15(24)17(16)23)31-19-18-12(9-26-20(19)25)13(10-30-18)21(29)27-28-7-3-2-4-8-28/h5-6,9-11H,2-4,7-8H2,1H3,(H2,25,26)(H,27,29). The number of aromatic nitrogens is 1. The molecule has 7 nitrogen and oxygen atoms in total. The number of rotatable bonds is 5. The van der Waals surface area contributed by atoms with Crippen molar-refractivity contribution in [2.24, 2.45) is 0 Å². The number of nitrogens with zero attached hydrogens (tertiary/aromatic N) is 2. The lowest BCUT2D eigenvalue weighted by atomic mass is 10.1. The van der Waals surface area contributed by atoms with Gasteiger partial charge in [-0.1, -0.05) is 29.6 Å². The van der Waals surface area contributed by atoms with Gasteiger partial charge in [0.1, 0.15) is 18.2 Å². The van der Waals surface area contributed by atoms with Gasteiger partial charge in [-0.25, -0.2) is 14.4 Å². The van der Waals surface area contributed by atoms with Crippen LogP contribution in [0.25, 0.3) is 11.0 Å². The highest BCUT2D eigenvalue weighted by atomic mass is 35.5. The summed E-state index contributed by atoms with van der Waals surface area (Å²) in [5.74, 6) is -0.739. The number of pyridine rings is 1. The molecule has 0 spiro atoms. The van der Waals surface area contributed by atoms with Crippen LogP contribution >= 0.6 is 23.2 Å². The van der Waals surface area contributed by atoms with E-state index in [2.05, 4.69) is 10.4 Å². The van der Waals surface area contributed by atoms with Crippen LogP contribution in [0.3, 0.4) is 0 Å². The van der Waals surface area contributed by atoms with E-state index in [1.54, 1.807) is 6.92 Å². The molecule has 1 aliphatic rings. The molecule has 0 saturated carbocycles. The fourth-order valence-electron chi connectivity index (χ4n) is 3.63. The van der Waals surface area contributed by atoms with Crippen molar-refractivity contribution < 1.29 is 18.3 Å². The summed E-state index contributed by atoms with van der Waals surface area (Å²) in [5.41, 5.74) is 9.74. The third-order valence-corrected chi connectivity index (χ3v) is 5.96. The molecule has 1 aliphatic heterocycles. The number of hydrogen-bond donors (Lipinski definition) is 2. The van der Waals surface area contributed by atoms with E-state index >= 15 is 0 Å². The molecule has 0 radical (unpaired) electrons. The van der Waals surface area contributed by atoms with Crippen LogP contribution in [0.5, 0.6) is 5.75 Å². The van der Waals surface area contributed by atoms with Crippen LogP contribution < -0.4 is 15.9 Å². The van der Waals surface area contributed by atoms with Crippen LogP contribution in [0.2, 0.25) is 10.0 Å². The Morgan fingerprint density at radius 2 is 2.06 bits per heavy atom. The summed E-state index contributed by atoms with van der Waals surface area (Å²) < 4.78 is 25.5. The Balaban J connectivity index is 1.64. The number of piperidine rings is 1. The number of nitrogen functional groups attached to an aromatic ring is 1. The van der Waals surface area contributed by atoms with Crippen molar-refractivity contribution in [3.05, 3.63) is 51.6 Å². The Kier molecular flexibility index (Phi) is 6.22. The maximum absolute atomic E-state index is 13.9. The van der Waals surface area contributed by atoms with Crippen LogP contribution in [0.1, 0.15) is 48.2 Å². The average Bonchev–Trinajstić information content (AvgIpc) is 3.18. The molecular formula is C21H21Cl2FN4O3. The first-order chi connectivity index (χ1) is 14.9. The van der Waals surface area contributed by atoms with Crippen LogP contribution in [0.4, 0.5) is 10.2 Å². The Morgan fingerprint density at radius 1 is 1.32 bits per heavy atom. The van der Waals surface area contributed by atoms with E-state index < -0.39 is 11.9 Å². The lowest BCUT2D eigenvalue weighted by Crippen LogP contribution is -2.44. The van der Waals surface area contributed by atoms with Gasteiger partial charge in [-0.2, -0.15) is 0 Å². The number of benzene rings is 1. The molecule has 3 N–H and O–H groups in total. The van der Waals surface area contributed by atoms with E-state index in [1.807, 2.05) is 5.01 Å². The van der Waals surface area contributed by atoms with E-state index in [1.165, 1.54) is 24.6 Å². The van der Waals surface area contributed by atoms with Gasteiger partial charge in [0.2, 0.25) is 5.75 Å². The second-order valence-corrected chi connectivity index (χ2v) is 8.16. The number of furan rings is 1. The van der Waals surface area contributed by atoms with Crippen LogP contribution in [0, 0.1) is 5.82 Å². The molecule has 31 heavy (non-hydrogen) atoms. The van der Waals surface area contributed by atoms with Crippen molar-refractivity contribution in [2.75, 3.05) is 18.8 Å². The zero-order valence-corrected chi connectivity index (χ0v) is 18.3. The minimum absolute atomic E-state index is 0.0559. The fourth-order valence-corrected chi connectivity index (χ4v) is 4.31. The van der Waals surface area contributed by atoms with Gasteiger partial charge in [0.15, 0.2) is 11.4 Å². The monoisotopic (exact) mass is 466 g/mol. The molecule has 0 bridgehead atoms. The number of ether oxygens (including phenoxy) is 1. The van der Waals surface area contributed by atoms with Crippen molar-refractivity contribution >= 4 is 45.9 Å². The molecule has 1 saturated heterocycles. The first kappa shape index (κ1) is 21.7. The zero-order chi connectivity index (χ0) is 22.1. The SMILES string of the molecule is CC(Oc1c(N)ncc2c(C(=O)NN3CCCCC3)coc12)c1c(Cl)ccc(F)c1Cl. The molecule has 0 aliphatic carbocycles. The van der Waals surface area contributed by atoms with Gasteiger partial charge < -0.3 is 14.9 Å². The van der Waals surface area contributed by atoms with Crippen LogP contribution in [0.15, 0.2) is 29.0 Å². The summed E-state index contributed by atoms with van der Waals surface area (Å²) in [7, 11) is 0. The predicted molar refractivity (Wildman–Crippen MR) is 117 cm³/mol. The van der Waals surface area contributed by atoms with E-state index in [9.17, 15) is 9.18 Å². The minimum Gasteiger partial charge on any atom is -0.478 e. The summed E-state index contributed by atoms with van der Waals surface area (Å²) in [6.45, 7) is 3.25. The van der Waals surface area contributed by atoms with Gasteiger partial charge in [-0.3, -0.25) is 10.2 Å². The van der Waals surface area contributed by atoms with Gasteiger partial charge in [0, 0.05) is 29.9 Å². The highest BCUT2D eigenvalue weighted by Gasteiger charge is 2.25. The normalized spacial score (nSPS) is 15.7. The van der Waals surface area contributed by atoms with Crippen molar-refractivity contribution in [3.63, 3.8) is 0 Å². The highest BCUT2D eigenvalue weighted by molar-refractivity contribution is 6.36. The quantitative estimate of drug-likeness (QED) is 0.506. The summed E-state index contributed by atoms with van der Waals surface area (Å²) in [6, 6.07) is 2.58. The number of nitrogens with two attached hydrogens (primary N) is 1. The number of fused-ring (bicyclic) bond motifs is 1. The maximum atomic E-state index is 13.9. The van der Waals surface area contributed by atoms with E-state index in [0.29, 0.717) is 10.9 Å². The summed E-state index contributed by atoms with van der Waals surface area (Å²) in [4.78, 5) is 16.9. The second kappa shape index (κ2) is 8.90. The molecular weight excluding hydrogens is 446 g/mol. The number of halogens is 3. The van der Waals surface area contributed by atoms with Crippen LogP contribution in [-0.4, -0.2) is 29.0 Å². The van der Waals surface area contributed by atoms with Gasteiger partial charge >= 0.3 is 0 Å². The summed E-state index contributed by atoms with van der Waals surface area (Å²) in [5, 5.41) is 2.45. The average molecular weight is 467 g/mol. The Hall–Kier alpha value is -2.55. The third kappa shape index (κ3) is 4.28. The zero-order valence-electron chi connectivity index (χ0n) is 16.8. The van der Waals surface area contributed by atoms with Gasteiger partial charge in [0.05, 0.1) is 16.0 Å². The van der Waals surface area contributed by atoms with E-state index in [-0.39, 0.29) is 38.7 Å². The number of nitrogens with one attached hydrogen (secondary N) is 1. The van der Waals surface area contributed by atoms with Crippen molar-refractivity contribution in [1.82, 2.24) is 15.4 Å². The fraction of sp³-hybridized carbons (Fsp3) is 0.333. The number of carbonyl (C=O) groups is 1. The lowest BCUT2D eigenvalue weighted by Gasteiger charge is -2.26. The number of carbonyl (C=O) groups excluding carboxylic acids is 1. The Morgan fingerprint density at radius 3 is 2.81 bits per heavy atom. The number of hydrogen-bond acceptors (Lipinski definition) is 6. The largest absolute Gasteiger partial charge is 0.478 e. The molecule has 164 valence electrons. The first-order valence-corrected chi connectivity index (χ1v) is 10.6. The van der Waals surface area contributed by atoms with E-state index in [4.69, 9.17) is 38.1 Å². The lowest BCUT2D eigenvalue weighted by molar-refractivity contribution is 0.0751. The summed E-state index contributed by atoms with van der Waals surface area (Å²) in [6.07, 6.45) is 5.25. The molecule has 1 atom stereocenters. The third-order valence-electron chi connectivity index (χ3n) is 5.24. The summed E-state index contributed by atoms with van der Waals surface area (Å²) >= 11 is 12.3. The number of anilines is 1. The van der Waals surface area contributed by atoms with Gasteiger partial charge in [0.25, 0.3) is 5.91 Å². The molecule has 2 aromatic heterocycles. The molecule has 1 fully saturated rings. The highest BCUT2D eigenvalue weighted by Crippen LogP contribution is 2.39. The van der Waals surface area contributed by atoms with Crippen molar-refractivity contribution in [2.45, 2.75) is 32.3 Å². The first-order valence-electron chi connectivity index (χ1n) is 9.88.